The van der Waals surface area contributed by atoms with E-state index in [9.17, 15) is 19.1 Å². The van der Waals surface area contributed by atoms with Gasteiger partial charge in [0.1, 0.15) is 5.56 Å². The summed E-state index contributed by atoms with van der Waals surface area (Å²) >= 11 is 18.0. The van der Waals surface area contributed by atoms with Gasteiger partial charge in [-0.05, 0) is 32.0 Å². The summed E-state index contributed by atoms with van der Waals surface area (Å²) in [4.78, 5) is 28.8. The number of carboxylic acids is 1. The lowest BCUT2D eigenvalue weighted by Gasteiger charge is -2.21. The first-order valence-electron chi connectivity index (χ1n) is 8.44. The molecule has 1 aromatic carbocycles. The lowest BCUT2D eigenvalue weighted by atomic mass is 9.97. The van der Waals surface area contributed by atoms with Gasteiger partial charge in [0.05, 0.1) is 26.3 Å². The van der Waals surface area contributed by atoms with Crippen LogP contribution in [-0.2, 0) is 6.54 Å². The van der Waals surface area contributed by atoms with Crippen LogP contribution in [0, 0.1) is 12.9 Å². The van der Waals surface area contributed by atoms with E-state index >= 15 is 0 Å². The number of hydrogen-bond acceptors (Lipinski definition) is 3. The largest absolute Gasteiger partial charge is 0.477 e. The van der Waals surface area contributed by atoms with E-state index in [0.717, 1.165) is 6.20 Å². The first-order chi connectivity index (χ1) is 13.7. The Labute approximate surface area is 180 Å². The summed E-state index contributed by atoms with van der Waals surface area (Å²) in [6, 6.07) is 5.82. The van der Waals surface area contributed by atoms with Gasteiger partial charge in [-0.25, -0.2) is 9.78 Å². The summed E-state index contributed by atoms with van der Waals surface area (Å²) in [5.74, 6) is -2.37. The van der Waals surface area contributed by atoms with Crippen LogP contribution in [0.1, 0.15) is 23.0 Å². The zero-order chi connectivity index (χ0) is 21.5. The fourth-order valence-electron chi connectivity index (χ4n) is 3.29. The van der Waals surface area contributed by atoms with Crippen molar-refractivity contribution in [3.05, 3.63) is 73.0 Å². The molecule has 0 aliphatic carbocycles. The average Bonchev–Trinajstić information content (AvgIpc) is 2.66. The molecule has 0 spiro atoms. The lowest BCUT2D eigenvalue weighted by Crippen LogP contribution is -2.25. The molecule has 3 aromatic rings. The molecule has 0 aliphatic rings. The predicted molar refractivity (Wildman–Crippen MR) is 112 cm³/mol. The van der Waals surface area contributed by atoms with E-state index in [-0.39, 0.29) is 31.9 Å². The van der Waals surface area contributed by atoms with Gasteiger partial charge >= 0.3 is 5.97 Å². The van der Waals surface area contributed by atoms with Gasteiger partial charge in [0.25, 0.3) is 0 Å². The number of carbonyl (C=O) groups is 1. The Morgan fingerprint density at radius 1 is 1.21 bits per heavy atom. The highest BCUT2D eigenvalue weighted by molar-refractivity contribution is 6.42. The number of pyridine rings is 2. The number of hydrogen-bond donors (Lipinski definition) is 1. The molecular formula is C20H14Cl3FN2O3. The van der Waals surface area contributed by atoms with Crippen molar-refractivity contribution >= 4 is 40.8 Å². The highest BCUT2D eigenvalue weighted by Gasteiger charge is 2.27. The van der Waals surface area contributed by atoms with Crippen LogP contribution in [0.25, 0.3) is 22.4 Å². The van der Waals surface area contributed by atoms with Gasteiger partial charge < -0.3 is 9.67 Å². The molecule has 0 radical (unpaired) electrons. The molecule has 0 fully saturated rings. The Hall–Kier alpha value is -2.41. The van der Waals surface area contributed by atoms with Crippen LogP contribution in [0.2, 0.25) is 15.1 Å². The van der Waals surface area contributed by atoms with Gasteiger partial charge in [0.2, 0.25) is 11.4 Å². The van der Waals surface area contributed by atoms with Crippen molar-refractivity contribution in [1.82, 2.24) is 9.55 Å². The van der Waals surface area contributed by atoms with E-state index in [1.807, 2.05) is 0 Å². The highest BCUT2D eigenvalue weighted by Crippen LogP contribution is 2.33. The van der Waals surface area contributed by atoms with Crippen molar-refractivity contribution in [3.8, 4) is 22.4 Å². The van der Waals surface area contributed by atoms with Crippen LogP contribution in [-0.4, -0.2) is 20.6 Å². The molecule has 0 aliphatic heterocycles. The van der Waals surface area contributed by atoms with Gasteiger partial charge in [0, 0.05) is 29.6 Å². The number of halogens is 4. The maximum absolute atomic E-state index is 14.4. The lowest BCUT2D eigenvalue weighted by molar-refractivity contribution is 0.0695. The number of benzene rings is 1. The van der Waals surface area contributed by atoms with E-state index in [1.165, 1.54) is 18.2 Å². The molecule has 2 aromatic heterocycles. The number of aromatic nitrogens is 2. The van der Waals surface area contributed by atoms with Gasteiger partial charge in [-0.1, -0.05) is 40.9 Å². The Kier molecular flexibility index (Phi) is 5.98. The monoisotopic (exact) mass is 454 g/mol. The Morgan fingerprint density at radius 3 is 2.48 bits per heavy atom. The van der Waals surface area contributed by atoms with Crippen LogP contribution in [0.15, 0.2) is 35.3 Å². The summed E-state index contributed by atoms with van der Waals surface area (Å²) < 4.78 is 16.0. The molecule has 3 rings (SSSR count). The molecule has 9 heteroatoms. The van der Waals surface area contributed by atoms with Crippen molar-refractivity contribution in [1.29, 1.82) is 0 Å². The summed E-state index contributed by atoms with van der Waals surface area (Å²) in [7, 11) is 0. The molecule has 29 heavy (non-hydrogen) atoms. The van der Waals surface area contributed by atoms with Gasteiger partial charge in [-0.2, -0.15) is 4.39 Å². The van der Waals surface area contributed by atoms with Gasteiger partial charge in [-0.3, -0.25) is 4.79 Å². The van der Waals surface area contributed by atoms with Crippen LogP contribution >= 0.6 is 34.8 Å². The summed E-state index contributed by atoms with van der Waals surface area (Å²) in [6.07, 6.45) is 1.11. The third-order valence-electron chi connectivity index (χ3n) is 4.53. The topological polar surface area (TPSA) is 72.2 Å². The van der Waals surface area contributed by atoms with E-state index in [2.05, 4.69) is 4.98 Å². The molecule has 0 unspecified atom stereocenters. The fraction of sp³-hybridized carbons (Fsp3) is 0.150. The van der Waals surface area contributed by atoms with Gasteiger partial charge in [0.15, 0.2) is 0 Å². The standard InChI is InChI=1S/C20H14Cl3FN2O3/c1-3-26-9(2)15(12-7-11(21)8-25-19(12)24)18(27)16(20(28)29)17(26)10-4-5-13(22)14(23)6-10/h4-8H,3H2,1-2H3,(H,28,29). The number of carboxylic acid groups (broad SMARTS) is 1. The minimum absolute atomic E-state index is 0.111. The van der Waals surface area contributed by atoms with E-state index in [4.69, 9.17) is 34.8 Å². The summed E-state index contributed by atoms with van der Waals surface area (Å²) in [5, 5.41) is 10.4. The van der Waals surface area contributed by atoms with Gasteiger partial charge in [-0.15, -0.1) is 0 Å². The molecule has 2 heterocycles. The second-order valence-corrected chi connectivity index (χ2v) is 7.43. The van der Waals surface area contributed by atoms with Crippen molar-refractivity contribution in [2.24, 2.45) is 0 Å². The second kappa shape index (κ2) is 8.14. The molecule has 1 N–H and O–H groups in total. The quantitative estimate of drug-likeness (QED) is 0.512. The maximum atomic E-state index is 14.4. The number of nitrogens with zero attached hydrogens (tertiary/aromatic N) is 2. The fourth-order valence-corrected chi connectivity index (χ4v) is 3.74. The van der Waals surface area contributed by atoms with Crippen molar-refractivity contribution in [3.63, 3.8) is 0 Å². The van der Waals surface area contributed by atoms with E-state index in [0.29, 0.717) is 17.8 Å². The smallest absolute Gasteiger partial charge is 0.341 e. The van der Waals surface area contributed by atoms with Crippen LogP contribution in [0.5, 0.6) is 0 Å². The Morgan fingerprint density at radius 2 is 1.90 bits per heavy atom. The maximum Gasteiger partial charge on any atom is 0.341 e. The normalized spacial score (nSPS) is 11.0. The first kappa shape index (κ1) is 21.3. The predicted octanol–water partition coefficient (Wildman–Crippen LogP) is 5.70. The molecule has 0 saturated carbocycles. The third-order valence-corrected chi connectivity index (χ3v) is 5.47. The molecule has 0 atom stereocenters. The first-order valence-corrected chi connectivity index (χ1v) is 9.58. The van der Waals surface area contributed by atoms with E-state index < -0.39 is 22.9 Å². The van der Waals surface area contributed by atoms with Crippen LogP contribution in [0.3, 0.4) is 0 Å². The minimum atomic E-state index is -1.45. The second-order valence-electron chi connectivity index (χ2n) is 6.18. The minimum Gasteiger partial charge on any atom is -0.477 e. The molecular weight excluding hydrogens is 442 g/mol. The third kappa shape index (κ3) is 3.75. The zero-order valence-corrected chi connectivity index (χ0v) is 17.5. The average molecular weight is 456 g/mol. The SMILES string of the molecule is CCn1c(C)c(-c2cc(Cl)cnc2F)c(=O)c(C(=O)O)c1-c1ccc(Cl)c(Cl)c1. The molecule has 0 bridgehead atoms. The zero-order valence-electron chi connectivity index (χ0n) is 15.3. The van der Waals surface area contributed by atoms with Crippen molar-refractivity contribution in [2.75, 3.05) is 0 Å². The summed E-state index contributed by atoms with van der Waals surface area (Å²) in [6.45, 7) is 3.69. The molecule has 0 amide bonds. The molecule has 0 saturated heterocycles. The van der Waals surface area contributed by atoms with E-state index in [1.54, 1.807) is 24.5 Å². The van der Waals surface area contributed by atoms with Crippen LogP contribution < -0.4 is 5.43 Å². The number of rotatable bonds is 4. The molecule has 150 valence electrons. The Balaban J connectivity index is 2.49. The number of aromatic carboxylic acids is 1. The summed E-state index contributed by atoms with van der Waals surface area (Å²) in [5.41, 5.74) is -0.707. The van der Waals surface area contributed by atoms with Crippen molar-refractivity contribution < 1.29 is 14.3 Å². The molecule has 5 nitrogen and oxygen atoms in total. The Bertz CT molecular complexity index is 1210. The van der Waals surface area contributed by atoms with Crippen molar-refractivity contribution in [2.45, 2.75) is 20.4 Å². The van der Waals surface area contributed by atoms with Crippen LogP contribution in [0.4, 0.5) is 4.39 Å². The highest BCUT2D eigenvalue weighted by atomic mass is 35.5.